The van der Waals surface area contributed by atoms with Crippen molar-refractivity contribution in [2.45, 2.75) is 252 Å². The summed E-state index contributed by atoms with van der Waals surface area (Å²) in [6, 6.07) is 0. The molecule has 6 heteroatoms. The second-order valence-corrected chi connectivity index (χ2v) is 16.8. The summed E-state index contributed by atoms with van der Waals surface area (Å²) in [7, 11) is 0. The minimum Gasteiger partial charge on any atom is -0.465 e. The van der Waals surface area contributed by atoms with E-state index < -0.39 is 11.8 Å². The monoisotopic (exact) mass is 763 g/mol. The number of carbonyl (C=O) groups is 3. The first-order valence-electron chi connectivity index (χ1n) is 24.0. The summed E-state index contributed by atoms with van der Waals surface area (Å²) >= 11 is 0. The van der Waals surface area contributed by atoms with Crippen molar-refractivity contribution in [3.63, 3.8) is 0 Å². The van der Waals surface area contributed by atoms with Gasteiger partial charge < -0.3 is 14.2 Å². The van der Waals surface area contributed by atoms with E-state index in [1.807, 2.05) is 0 Å². The molecule has 1 rings (SSSR count). The van der Waals surface area contributed by atoms with Gasteiger partial charge in [0, 0.05) is 0 Å². The molecule has 3 unspecified atom stereocenters. The average molecular weight is 763 g/mol. The fourth-order valence-corrected chi connectivity index (χ4v) is 8.08. The number of unbranched alkanes of at least 4 members (excludes halogenated alkanes) is 30. The van der Waals surface area contributed by atoms with Crippen LogP contribution in [0.25, 0.3) is 0 Å². The van der Waals surface area contributed by atoms with Crippen molar-refractivity contribution in [1.29, 1.82) is 0 Å². The lowest BCUT2D eigenvalue weighted by atomic mass is 9.74. The number of ether oxygens (including phenoxy) is 3. The Labute approximate surface area is 335 Å². The molecule has 1 fully saturated rings. The lowest BCUT2D eigenvalue weighted by Crippen LogP contribution is -2.40. The summed E-state index contributed by atoms with van der Waals surface area (Å²) in [6.45, 7) is 7.99. The van der Waals surface area contributed by atoms with Crippen molar-refractivity contribution in [3.05, 3.63) is 0 Å². The number of hydrogen-bond donors (Lipinski definition) is 0. The zero-order chi connectivity index (χ0) is 39.2. The third-order valence-electron chi connectivity index (χ3n) is 11.8. The zero-order valence-corrected chi connectivity index (χ0v) is 36.3. The Morgan fingerprint density at radius 3 is 0.907 bits per heavy atom. The second-order valence-electron chi connectivity index (χ2n) is 16.8. The summed E-state index contributed by atoms with van der Waals surface area (Å²) in [6.07, 6.45) is 42.4. The van der Waals surface area contributed by atoms with Crippen LogP contribution in [0.15, 0.2) is 0 Å². The van der Waals surface area contributed by atoms with E-state index in [1.54, 1.807) is 0 Å². The van der Waals surface area contributed by atoms with Crippen molar-refractivity contribution < 1.29 is 28.6 Å². The summed E-state index contributed by atoms with van der Waals surface area (Å²) < 4.78 is 17.2. The molecule has 0 spiro atoms. The lowest BCUT2D eigenvalue weighted by molar-refractivity contribution is -0.167. The molecule has 0 aliphatic heterocycles. The van der Waals surface area contributed by atoms with E-state index in [0.29, 0.717) is 39.1 Å². The van der Waals surface area contributed by atoms with Crippen molar-refractivity contribution in [2.75, 3.05) is 19.8 Å². The zero-order valence-electron chi connectivity index (χ0n) is 36.3. The van der Waals surface area contributed by atoms with Gasteiger partial charge in [0.25, 0.3) is 0 Å². The Morgan fingerprint density at radius 2 is 0.593 bits per heavy atom. The van der Waals surface area contributed by atoms with Gasteiger partial charge in [-0.25, -0.2) is 0 Å². The van der Waals surface area contributed by atoms with E-state index >= 15 is 0 Å². The van der Waals surface area contributed by atoms with Crippen LogP contribution >= 0.6 is 0 Å². The molecule has 0 amide bonds. The molecule has 3 atom stereocenters. The van der Waals surface area contributed by atoms with Gasteiger partial charge in [0.2, 0.25) is 0 Å². The third-order valence-corrected chi connectivity index (χ3v) is 11.8. The van der Waals surface area contributed by atoms with Gasteiger partial charge in [-0.2, -0.15) is 0 Å². The first-order valence-corrected chi connectivity index (χ1v) is 24.0. The van der Waals surface area contributed by atoms with E-state index in [0.717, 1.165) is 44.9 Å². The van der Waals surface area contributed by atoms with Crippen LogP contribution in [0.2, 0.25) is 0 Å². The first-order chi connectivity index (χ1) is 26.5. The summed E-state index contributed by atoms with van der Waals surface area (Å²) in [5, 5.41) is 0. The largest absolute Gasteiger partial charge is 0.465 e. The molecule has 1 aliphatic carbocycles. The van der Waals surface area contributed by atoms with Crippen LogP contribution in [0, 0.1) is 17.8 Å². The number of rotatable bonds is 39. The summed E-state index contributed by atoms with van der Waals surface area (Å²) in [5.41, 5.74) is 0. The van der Waals surface area contributed by atoms with Crippen molar-refractivity contribution >= 4 is 17.9 Å². The van der Waals surface area contributed by atoms with Crippen LogP contribution < -0.4 is 0 Å². The standard InChI is InChI=1S/C48H90O6/c1-4-7-10-13-16-19-22-25-28-31-34-39-52-46(49)43-37-38-44(47(50)53-40-35-32-29-26-23-20-17-14-11-8-5-2)45(42-43)48(51)54-41-36-33-30-27-24-21-18-15-12-9-6-3/h43-45H,4-42H2,1-3H3. The fourth-order valence-electron chi connectivity index (χ4n) is 8.08. The predicted molar refractivity (Wildman–Crippen MR) is 227 cm³/mol. The SMILES string of the molecule is CCCCCCCCCCCCCOC(=O)C1CCC(C(=O)OCCCCCCCCCCCCC)C(C(=O)OCCCCCCCCCCCCC)C1. The molecule has 0 N–H and O–H groups in total. The molecular weight excluding hydrogens is 673 g/mol. The van der Waals surface area contributed by atoms with Gasteiger partial charge in [-0.15, -0.1) is 0 Å². The van der Waals surface area contributed by atoms with Gasteiger partial charge in [-0.05, 0) is 38.5 Å². The Morgan fingerprint density at radius 1 is 0.333 bits per heavy atom. The first kappa shape index (κ1) is 50.4. The van der Waals surface area contributed by atoms with Gasteiger partial charge in [-0.1, -0.05) is 213 Å². The molecule has 54 heavy (non-hydrogen) atoms. The van der Waals surface area contributed by atoms with Crippen molar-refractivity contribution in [2.24, 2.45) is 17.8 Å². The number of carbonyl (C=O) groups excluding carboxylic acids is 3. The van der Waals surface area contributed by atoms with Gasteiger partial charge in [-0.3, -0.25) is 14.4 Å². The molecule has 0 aromatic rings. The van der Waals surface area contributed by atoms with E-state index in [-0.39, 0.29) is 23.8 Å². The van der Waals surface area contributed by atoms with Gasteiger partial charge in [0.1, 0.15) is 0 Å². The van der Waals surface area contributed by atoms with Crippen LogP contribution in [-0.2, 0) is 28.6 Å². The van der Waals surface area contributed by atoms with Crippen molar-refractivity contribution in [3.8, 4) is 0 Å². The average Bonchev–Trinajstić information content (AvgIpc) is 3.18. The smallest absolute Gasteiger partial charge is 0.309 e. The minimum absolute atomic E-state index is 0.224. The summed E-state index contributed by atoms with van der Waals surface area (Å²) in [4.78, 5) is 39.8. The second kappa shape index (κ2) is 38.3. The molecule has 1 aliphatic rings. The highest BCUT2D eigenvalue weighted by Crippen LogP contribution is 2.36. The molecule has 0 radical (unpaired) electrons. The van der Waals surface area contributed by atoms with Crippen LogP contribution in [0.3, 0.4) is 0 Å². The molecule has 318 valence electrons. The van der Waals surface area contributed by atoms with Crippen LogP contribution in [0.1, 0.15) is 252 Å². The molecule has 0 saturated heterocycles. The van der Waals surface area contributed by atoms with Crippen LogP contribution in [0.4, 0.5) is 0 Å². The fraction of sp³-hybridized carbons (Fsp3) is 0.938. The normalized spacial score (nSPS) is 17.1. The molecule has 0 heterocycles. The maximum atomic E-state index is 13.4. The molecular formula is C48H90O6. The van der Waals surface area contributed by atoms with E-state index in [1.165, 1.54) is 167 Å². The van der Waals surface area contributed by atoms with Gasteiger partial charge in [0.05, 0.1) is 37.6 Å². The van der Waals surface area contributed by atoms with Gasteiger partial charge in [0.15, 0.2) is 0 Å². The molecule has 0 bridgehead atoms. The van der Waals surface area contributed by atoms with Crippen LogP contribution in [-0.4, -0.2) is 37.7 Å². The third kappa shape index (κ3) is 28.8. The molecule has 6 nitrogen and oxygen atoms in total. The number of esters is 3. The highest BCUT2D eigenvalue weighted by molar-refractivity contribution is 5.83. The van der Waals surface area contributed by atoms with E-state index in [4.69, 9.17) is 14.2 Å². The maximum Gasteiger partial charge on any atom is 0.309 e. The summed E-state index contributed by atoms with van der Waals surface area (Å²) in [5.74, 6) is -2.42. The predicted octanol–water partition coefficient (Wildman–Crippen LogP) is 14.6. The molecule has 0 aromatic carbocycles. The van der Waals surface area contributed by atoms with Crippen molar-refractivity contribution in [1.82, 2.24) is 0 Å². The minimum atomic E-state index is -0.643. The highest BCUT2D eigenvalue weighted by Gasteiger charge is 2.43. The Balaban J connectivity index is 2.42. The number of hydrogen-bond acceptors (Lipinski definition) is 6. The molecule has 1 saturated carbocycles. The quantitative estimate of drug-likeness (QED) is 0.0352. The topological polar surface area (TPSA) is 78.9 Å². The Hall–Kier alpha value is -1.59. The van der Waals surface area contributed by atoms with Gasteiger partial charge >= 0.3 is 17.9 Å². The van der Waals surface area contributed by atoms with E-state index in [2.05, 4.69) is 20.8 Å². The molecule has 0 aromatic heterocycles. The Kier molecular flexibility index (Phi) is 35.8. The lowest BCUT2D eigenvalue weighted by Gasteiger charge is -2.32. The maximum absolute atomic E-state index is 13.4. The highest BCUT2D eigenvalue weighted by atomic mass is 16.5. The van der Waals surface area contributed by atoms with E-state index in [9.17, 15) is 14.4 Å². The Bertz CT molecular complexity index is 858. The van der Waals surface area contributed by atoms with Crippen LogP contribution in [0.5, 0.6) is 0 Å².